The second-order valence-electron chi connectivity index (χ2n) is 10.3. The molecule has 0 saturated carbocycles. The van der Waals surface area contributed by atoms with E-state index in [-0.39, 0.29) is 44.8 Å². The Balaban J connectivity index is 1.42. The van der Waals surface area contributed by atoms with Gasteiger partial charge in [-0.3, -0.25) is 14.4 Å². The van der Waals surface area contributed by atoms with Crippen molar-refractivity contribution in [1.29, 1.82) is 0 Å². The molecule has 38 heavy (non-hydrogen) atoms. The third-order valence-corrected chi connectivity index (χ3v) is 8.31. The van der Waals surface area contributed by atoms with E-state index in [0.717, 1.165) is 11.0 Å². The highest BCUT2D eigenvalue weighted by Crippen LogP contribution is 2.58. The van der Waals surface area contributed by atoms with Gasteiger partial charge in [-0.15, -0.1) is 5.10 Å². The lowest BCUT2D eigenvalue weighted by Gasteiger charge is -2.38. The summed E-state index contributed by atoms with van der Waals surface area (Å²) in [4.78, 5) is 44.9. The van der Waals surface area contributed by atoms with Crippen molar-refractivity contribution in [2.45, 2.75) is 50.1 Å². The van der Waals surface area contributed by atoms with E-state index < -0.39 is 35.0 Å². The summed E-state index contributed by atoms with van der Waals surface area (Å²) in [5, 5.41) is 17.8. The summed E-state index contributed by atoms with van der Waals surface area (Å²) >= 11 is 0. The van der Waals surface area contributed by atoms with Crippen LogP contribution < -0.4 is 0 Å². The van der Waals surface area contributed by atoms with Crippen LogP contribution >= 0.6 is 0 Å². The van der Waals surface area contributed by atoms with Crippen molar-refractivity contribution in [2.75, 3.05) is 26.3 Å². The molecule has 2 saturated heterocycles. The Kier molecular flexibility index (Phi) is 6.07. The molecule has 1 aromatic heterocycles. The molecule has 1 spiro atoms. The van der Waals surface area contributed by atoms with E-state index >= 15 is 0 Å². The Morgan fingerprint density at radius 3 is 2.74 bits per heavy atom. The van der Waals surface area contributed by atoms with Crippen LogP contribution in [0.25, 0.3) is 11.0 Å². The number of fused-ring (bicyclic) bond motifs is 3. The van der Waals surface area contributed by atoms with Crippen LogP contribution in [0.4, 0.5) is 0 Å². The fourth-order valence-electron chi connectivity index (χ4n) is 6.59. The Labute approximate surface area is 219 Å². The van der Waals surface area contributed by atoms with Crippen molar-refractivity contribution >= 4 is 28.8 Å². The number of esters is 1. The minimum Gasteiger partial charge on any atom is -0.461 e. The summed E-state index contributed by atoms with van der Waals surface area (Å²) in [6, 6.07) is 6.54. The zero-order valence-electron chi connectivity index (χ0n) is 21.2. The monoisotopic (exact) mass is 521 g/mol. The quantitative estimate of drug-likeness (QED) is 0.325. The molecule has 2 amide bonds. The van der Waals surface area contributed by atoms with E-state index in [2.05, 4.69) is 10.3 Å². The Morgan fingerprint density at radius 2 is 1.92 bits per heavy atom. The van der Waals surface area contributed by atoms with Gasteiger partial charge in [0.15, 0.2) is 0 Å². The number of unbranched alkanes of at least 4 members (excludes halogenated alkanes) is 1. The minimum absolute atomic E-state index is 0.0180. The van der Waals surface area contributed by atoms with Gasteiger partial charge in [0, 0.05) is 19.7 Å². The number of cyclic esters (lactones) is 1. The molecular formula is C27H31N5O6. The first-order chi connectivity index (χ1) is 18.5. The van der Waals surface area contributed by atoms with Crippen LogP contribution in [0, 0.1) is 11.8 Å². The molecule has 0 radical (unpaired) electrons. The normalized spacial score (nSPS) is 32.3. The largest absolute Gasteiger partial charge is 0.461 e. The number of aromatic nitrogens is 3. The average molecular weight is 522 g/mol. The zero-order valence-corrected chi connectivity index (χ0v) is 21.2. The number of hydrogen-bond acceptors (Lipinski definition) is 8. The van der Waals surface area contributed by atoms with Crippen LogP contribution in [0.5, 0.6) is 0 Å². The van der Waals surface area contributed by atoms with Crippen molar-refractivity contribution in [1.82, 2.24) is 24.8 Å². The number of aliphatic hydroxyl groups is 1. The number of benzene rings is 1. The van der Waals surface area contributed by atoms with E-state index in [4.69, 9.17) is 9.47 Å². The first-order valence-corrected chi connectivity index (χ1v) is 13.2. The van der Waals surface area contributed by atoms with E-state index in [1.165, 1.54) is 0 Å². The lowest BCUT2D eigenvalue weighted by molar-refractivity contribution is -0.159. The van der Waals surface area contributed by atoms with E-state index in [9.17, 15) is 19.5 Å². The highest BCUT2D eigenvalue weighted by molar-refractivity contribution is 5.99. The van der Waals surface area contributed by atoms with E-state index in [1.54, 1.807) is 20.6 Å². The van der Waals surface area contributed by atoms with Gasteiger partial charge in [-0.2, -0.15) is 0 Å². The van der Waals surface area contributed by atoms with Gasteiger partial charge in [0.2, 0.25) is 5.91 Å². The summed E-state index contributed by atoms with van der Waals surface area (Å²) in [7, 11) is 0. The van der Waals surface area contributed by atoms with Crippen molar-refractivity contribution in [3.8, 4) is 0 Å². The molecule has 11 nitrogen and oxygen atoms in total. The first kappa shape index (κ1) is 24.7. The molecule has 200 valence electrons. The zero-order chi connectivity index (χ0) is 26.5. The van der Waals surface area contributed by atoms with Gasteiger partial charge >= 0.3 is 5.97 Å². The molecular weight excluding hydrogens is 490 g/mol. The smallest absolute Gasteiger partial charge is 0.313 e. The SMILES string of the molecule is CC[C@]12C=CCOC(=O)[C@H]1[C@H]1C(=O)N(CCCCO)C3C(=O)N(Cn4nnc5ccccc54)CC=C[C@@]31O2. The molecule has 5 heterocycles. The fourth-order valence-corrected chi connectivity index (χ4v) is 6.59. The van der Waals surface area contributed by atoms with Crippen LogP contribution in [0.2, 0.25) is 0 Å². The van der Waals surface area contributed by atoms with Crippen molar-refractivity contribution < 1.29 is 29.0 Å². The van der Waals surface area contributed by atoms with E-state index in [1.807, 2.05) is 49.4 Å². The van der Waals surface area contributed by atoms with Gasteiger partial charge in [-0.05, 0) is 37.5 Å². The molecule has 11 heteroatoms. The standard InChI is InChI=1S/C27H31N5O6/c1-2-26-11-8-16-37-25(36)21(26)20-23(34)31(14-5-6-15-33)22-24(35)30(13-7-12-27(20,22)38-26)17-32-19-10-4-3-9-18(19)28-29-32/h3-4,7-12,20-22,33H,2,5-6,13-17H2,1H3/t20-,21+,22?,26-,27-/m0/s1. The highest BCUT2D eigenvalue weighted by atomic mass is 16.6. The Bertz CT molecular complexity index is 1340. The Hall–Kier alpha value is -3.57. The van der Waals surface area contributed by atoms with Crippen LogP contribution in [-0.2, 0) is 30.5 Å². The minimum atomic E-state index is -1.33. The molecule has 0 bridgehead atoms. The summed E-state index contributed by atoms with van der Waals surface area (Å²) in [6.45, 7) is 2.70. The molecule has 2 fully saturated rings. The second-order valence-corrected chi connectivity index (χ2v) is 10.3. The van der Waals surface area contributed by atoms with Crippen LogP contribution in [0.3, 0.4) is 0 Å². The van der Waals surface area contributed by atoms with Gasteiger partial charge in [0.25, 0.3) is 5.91 Å². The maximum absolute atomic E-state index is 14.3. The van der Waals surface area contributed by atoms with Gasteiger partial charge < -0.3 is 24.4 Å². The third-order valence-electron chi connectivity index (χ3n) is 8.31. The topological polar surface area (TPSA) is 127 Å². The number of carbonyl (C=O) groups is 3. The molecule has 4 aliphatic heterocycles. The summed E-state index contributed by atoms with van der Waals surface area (Å²) < 4.78 is 13.9. The molecule has 0 aliphatic carbocycles. The molecule has 2 aromatic rings. The van der Waals surface area contributed by atoms with Gasteiger partial charge in [-0.25, -0.2) is 4.68 Å². The number of aliphatic hydroxyl groups excluding tert-OH is 1. The van der Waals surface area contributed by atoms with Crippen molar-refractivity contribution in [3.05, 3.63) is 48.6 Å². The lowest BCUT2D eigenvalue weighted by Crippen LogP contribution is -2.56. The van der Waals surface area contributed by atoms with Gasteiger partial charge in [-0.1, -0.05) is 42.5 Å². The van der Waals surface area contributed by atoms with Crippen molar-refractivity contribution in [3.63, 3.8) is 0 Å². The molecule has 6 rings (SSSR count). The lowest BCUT2D eigenvalue weighted by atomic mass is 9.73. The number of likely N-dealkylation sites (tertiary alicyclic amines) is 1. The third kappa shape index (κ3) is 3.52. The van der Waals surface area contributed by atoms with Crippen LogP contribution in [-0.4, -0.2) is 91.2 Å². The fraction of sp³-hybridized carbons (Fsp3) is 0.519. The number of rotatable bonds is 7. The summed E-state index contributed by atoms with van der Waals surface area (Å²) in [5.74, 6) is -2.84. The molecule has 5 atom stereocenters. The highest BCUT2D eigenvalue weighted by Gasteiger charge is 2.75. The molecule has 1 N–H and O–H groups in total. The van der Waals surface area contributed by atoms with Gasteiger partial charge in [0.1, 0.15) is 42.0 Å². The van der Waals surface area contributed by atoms with Gasteiger partial charge in [0.05, 0.1) is 11.4 Å². The number of para-hydroxylation sites is 1. The number of carbonyl (C=O) groups excluding carboxylic acids is 3. The predicted molar refractivity (Wildman–Crippen MR) is 134 cm³/mol. The number of amides is 2. The predicted octanol–water partition coefficient (Wildman–Crippen LogP) is 1.03. The summed E-state index contributed by atoms with van der Waals surface area (Å²) in [5.41, 5.74) is -0.863. The average Bonchev–Trinajstić information content (AvgIpc) is 3.45. The Morgan fingerprint density at radius 1 is 1.08 bits per heavy atom. The first-order valence-electron chi connectivity index (χ1n) is 13.2. The number of ether oxygens (including phenoxy) is 2. The number of nitrogens with zero attached hydrogens (tertiary/aromatic N) is 5. The maximum Gasteiger partial charge on any atom is 0.313 e. The molecule has 4 aliphatic rings. The summed E-state index contributed by atoms with van der Waals surface area (Å²) in [6.07, 6.45) is 8.69. The molecule has 1 aromatic carbocycles. The van der Waals surface area contributed by atoms with Crippen LogP contribution in [0.15, 0.2) is 48.6 Å². The van der Waals surface area contributed by atoms with Crippen LogP contribution in [0.1, 0.15) is 26.2 Å². The number of hydrogen-bond donors (Lipinski definition) is 1. The maximum atomic E-state index is 14.3. The van der Waals surface area contributed by atoms with Crippen molar-refractivity contribution in [2.24, 2.45) is 11.8 Å². The second kappa shape index (κ2) is 9.32. The van der Waals surface area contributed by atoms with E-state index in [0.29, 0.717) is 19.3 Å². The molecule has 1 unspecified atom stereocenters.